The summed E-state index contributed by atoms with van der Waals surface area (Å²) in [6.45, 7) is 1.76. The molecule has 1 heterocycles. The second-order valence-electron chi connectivity index (χ2n) is 6.36. The van der Waals surface area contributed by atoms with Gasteiger partial charge in [-0.3, -0.25) is 0 Å². The predicted octanol–water partition coefficient (Wildman–Crippen LogP) is 3.21. The third-order valence-corrected chi connectivity index (χ3v) is 4.51. The molecule has 0 bridgehead atoms. The van der Waals surface area contributed by atoms with Gasteiger partial charge in [0.25, 0.3) is 0 Å². The van der Waals surface area contributed by atoms with Crippen LogP contribution in [-0.4, -0.2) is 26.2 Å². The van der Waals surface area contributed by atoms with E-state index in [4.69, 9.17) is 14.2 Å². The van der Waals surface area contributed by atoms with Gasteiger partial charge in [-0.05, 0) is 30.7 Å². The SMILES string of the molecule is COC(=O)C1=C(C)NC(=O)NC1c1cccc(OC)c1OCc1ccc(F)cc1. The van der Waals surface area contributed by atoms with Crippen LogP contribution in [0.25, 0.3) is 0 Å². The van der Waals surface area contributed by atoms with Gasteiger partial charge < -0.3 is 24.8 Å². The summed E-state index contributed by atoms with van der Waals surface area (Å²) in [4.78, 5) is 24.4. The number of halogens is 1. The van der Waals surface area contributed by atoms with E-state index in [2.05, 4.69) is 10.6 Å². The Morgan fingerprint density at radius 1 is 1.14 bits per heavy atom. The first-order valence-electron chi connectivity index (χ1n) is 8.85. The van der Waals surface area contributed by atoms with E-state index in [1.807, 2.05) is 0 Å². The van der Waals surface area contributed by atoms with Crippen molar-refractivity contribution in [3.63, 3.8) is 0 Å². The third kappa shape index (κ3) is 4.31. The molecule has 7 nitrogen and oxygen atoms in total. The summed E-state index contributed by atoms with van der Waals surface area (Å²) in [6, 6.07) is 9.84. The van der Waals surface area contributed by atoms with E-state index in [0.717, 1.165) is 5.56 Å². The highest BCUT2D eigenvalue weighted by molar-refractivity contribution is 5.95. The lowest BCUT2D eigenvalue weighted by Crippen LogP contribution is -2.45. The molecule has 2 amide bonds. The first-order chi connectivity index (χ1) is 13.9. The lowest BCUT2D eigenvalue weighted by atomic mass is 9.94. The molecule has 0 aromatic heterocycles. The topological polar surface area (TPSA) is 85.9 Å². The largest absolute Gasteiger partial charge is 0.493 e. The molecule has 1 unspecified atom stereocenters. The number of rotatable bonds is 6. The Labute approximate surface area is 167 Å². The lowest BCUT2D eigenvalue weighted by molar-refractivity contribution is -0.136. The maximum absolute atomic E-state index is 13.1. The van der Waals surface area contributed by atoms with Crippen LogP contribution in [0.15, 0.2) is 53.7 Å². The lowest BCUT2D eigenvalue weighted by Gasteiger charge is -2.29. The van der Waals surface area contributed by atoms with Crippen LogP contribution in [0.4, 0.5) is 9.18 Å². The van der Waals surface area contributed by atoms with E-state index in [9.17, 15) is 14.0 Å². The summed E-state index contributed by atoms with van der Waals surface area (Å²) < 4.78 is 29.4. The maximum Gasteiger partial charge on any atom is 0.337 e. The van der Waals surface area contributed by atoms with E-state index in [-0.39, 0.29) is 18.0 Å². The number of para-hydroxylation sites is 1. The molecule has 0 saturated heterocycles. The average molecular weight is 400 g/mol. The van der Waals surface area contributed by atoms with Crippen molar-refractivity contribution in [2.24, 2.45) is 0 Å². The van der Waals surface area contributed by atoms with Crippen LogP contribution >= 0.6 is 0 Å². The number of urea groups is 1. The summed E-state index contributed by atoms with van der Waals surface area (Å²) in [5.74, 6) is -0.125. The zero-order valence-corrected chi connectivity index (χ0v) is 16.2. The molecule has 0 spiro atoms. The van der Waals surface area contributed by atoms with Crippen LogP contribution in [0.3, 0.4) is 0 Å². The normalized spacial score (nSPS) is 16.0. The van der Waals surface area contributed by atoms with Crippen molar-refractivity contribution >= 4 is 12.0 Å². The van der Waals surface area contributed by atoms with Crippen LogP contribution in [0, 0.1) is 5.82 Å². The van der Waals surface area contributed by atoms with Crippen molar-refractivity contribution in [3.8, 4) is 11.5 Å². The van der Waals surface area contributed by atoms with Crippen molar-refractivity contribution in [1.82, 2.24) is 10.6 Å². The van der Waals surface area contributed by atoms with Gasteiger partial charge in [0, 0.05) is 11.3 Å². The molecular formula is C21H21FN2O5. The number of hydrogen-bond donors (Lipinski definition) is 2. The van der Waals surface area contributed by atoms with Crippen molar-refractivity contribution < 1.29 is 28.2 Å². The standard InChI is InChI=1S/C21H21FN2O5/c1-12-17(20(25)28-3)18(24-21(26)23-12)15-5-4-6-16(27-2)19(15)29-11-13-7-9-14(22)10-8-13/h4-10,18H,11H2,1-3H3,(H2,23,24,26). The molecule has 0 aliphatic carbocycles. The van der Waals surface area contributed by atoms with Gasteiger partial charge in [-0.1, -0.05) is 24.3 Å². The van der Waals surface area contributed by atoms with Gasteiger partial charge >= 0.3 is 12.0 Å². The number of nitrogens with one attached hydrogen (secondary N) is 2. The van der Waals surface area contributed by atoms with Gasteiger partial charge in [0.15, 0.2) is 11.5 Å². The summed E-state index contributed by atoms with van der Waals surface area (Å²) in [7, 11) is 2.76. The highest BCUT2D eigenvalue weighted by Crippen LogP contribution is 2.39. The molecule has 0 radical (unpaired) electrons. The summed E-state index contributed by atoms with van der Waals surface area (Å²) in [5.41, 5.74) is 1.92. The highest BCUT2D eigenvalue weighted by Gasteiger charge is 2.34. The minimum atomic E-state index is -0.797. The smallest absolute Gasteiger partial charge is 0.337 e. The molecule has 152 valence electrons. The summed E-state index contributed by atoms with van der Waals surface area (Å²) in [6.07, 6.45) is 0. The molecule has 0 fully saturated rings. The van der Waals surface area contributed by atoms with Gasteiger partial charge in [0.05, 0.1) is 25.8 Å². The quantitative estimate of drug-likeness (QED) is 0.728. The minimum Gasteiger partial charge on any atom is -0.493 e. The van der Waals surface area contributed by atoms with E-state index >= 15 is 0 Å². The Balaban J connectivity index is 2.01. The molecule has 2 aromatic rings. The third-order valence-electron chi connectivity index (χ3n) is 4.51. The fraction of sp³-hybridized carbons (Fsp3) is 0.238. The van der Waals surface area contributed by atoms with E-state index < -0.39 is 18.0 Å². The second kappa shape index (κ2) is 8.64. The molecule has 2 N–H and O–H groups in total. The Morgan fingerprint density at radius 3 is 2.52 bits per heavy atom. The fourth-order valence-corrected chi connectivity index (χ4v) is 3.12. The number of esters is 1. The molecule has 1 aliphatic heterocycles. The number of hydrogen-bond acceptors (Lipinski definition) is 5. The van der Waals surface area contributed by atoms with Crippen LogP contribution in [-0.2, 0) is 16.1 Å². The Morgan fingerprint density at radius 2 is 1.86 bits per heavy atom. The van der Waals surface area contributed by atoms with Crippen molar-refractivity contribution in [2.75, 3.05) is 14.2 Å². The molecule has 1 aliphatic rings. The molecule has 3 rings (SSSR count). The number of carbonyl (C=O) groups is 2. The van der Waals surface area contributed by atoms with Gasteiger partial charge in [0.1, 0.15) is 12.4 Å². The second-order valence-corrected chi connectivity index (χ2v) is 6.36. The highest BCUT2D eigenvalue weighted by atomic mass is 19.1. The van der Waals surface area contributed by atoms with Crippen molar-refractivity contribution in [2.45, 2.75) is 19.6 Å². The molecule has 1 atom stereocenters. The number of allylic oxidation sites excluding steroid dienone is 1. The number of ether oxygens (including phenoxy) is 3. The van der Waals surface area contributed by atoms with Crippen molar-refractivity contribution in [3.05, 3.63) is 70.7 Å². The maximum atomic E-state index is 13.1. The molecule has 29 heavy (non-hydrogen) atoms. The van der Waals surface area contributed by atoms with Crippen molar-refractivity contribution in [1.29, 1.82) is 0 Å². The van der Waals surface area contributed by atoms with Crippen LogP contribution in [0.1, 0.15) is 24.1 Å². The van der Waals surface area contributed by atoms with E-state index in [1.165, 1.54) is 26.4 Å². The molecule has 2 aromatic carbocycles. The Bertz CT molecular complexity index is 956. The van der Waals surface area contributed by atoms with Gasteiger partial charge in [-0.25, -0.2) is 14.0 Å². The van der Waals surface area contributed by atoms with Crippen LogP contribution < -0.4 is 20.1 Å². The Kier molecular flexibility index (Phi) is 6.01. The summed E-state index contributed by atoms with van der Waals surface area (Å²) >= 11 is 0. The monoisotopic (exact) mass is 400 g/mol. The van der Waals surface area contributed by atoms with Gasteiger partial charge in [-0.2, -0.15) is 0 Å². The number of amides is 2. The zero-order chi connectivity index (χ0) is 21.0. The van der Waals surface area contributed by atoms with Gasteiger partial charge in [0.2, 0.25) is 0 Å². The zero-order valence-electron chi connectivity index (χ0n) is 16.2. The first kappa shape index (κ1) is 20.2. The van der Waals surface area contributed by atoms with E-state index in [1.54, 1.807) is 37.3 Å². The first-order valence-corrected chi connectivity index (χ1v) is 8.85. The summed E-state index contributed by atoms with van der Waals surface area (Å²) in [5, 5.41) is 5.31. The molecule has 8 heteroatoms. The van der Waals surface area contributed by atoms with Crippen LogP contribution in [0.5, 0.6) is 11.5 Å². The number of methoxy groups -OCH3 is 2. The van der Waals surface area contributed by atoms with Crippen LogP contribution in [0.2, 0.25) is 0 Å². The Hall–Kier alpha value is -3.55. The van der Waals surface area contributed by atoms with Gasteiger partial charge in [-0.15, -0.1) is 0 Å². The number of benzene rings is 2. The number of carbonyl (C=O) groups excluding carboxylic acids is 2. The van der Waals surface area contributed by atoms with E-state index in [0.29, 0.717) is 22.8 Å². The molecule has 0 saturated carbocycles. The fourth-order valence-electron chi connectivity index (χ4n) is 3.12. The average Bonchev–Trinajstić information content (AvgIpc) is 2.72. The molecular weight excluding hydrogens is 379 g/mol. The minimum absolute atomic E-state index is 0.142. The predicted molar refractivity (Wildman–Crippen MR) is 103 cm³/mol.